The SMILES string of the molecule is CC1OCCC1NCCCN(C)C. The van der Waals surface area contributed by atoms with Crippen LogP contribution in [0, 0.1) is 0 Å². The van der Waals surface area contributed by atoms with Crippen molar-refractivity contribution in [3.8, 4) is 0 Å². The quantitative estimate of drug-likeness (QED) is 0.640. The summed E-state index contributed by atoms with van der Waals surface area (Å²) < 4.78 is 5.47. The second kappa shape index (κ2) is 5.58. The standard InChI is InChI=1S/C10H22N2O/c1-9-10(5-8-13-9)11-6-4-7-12(2)3/h9-11H,4-8H2,1-3H3. The van der Waals surface area contributed by atoms with E-state index >= 15 is 0 Å². The van der Waals surface area contributed by atoms with E-state index in [1.54, 1.807) is 0 Å². The Bertz CT molecular complexity index is 139. The number of hydrogen-bond acceptors (Lipinski definition) is 3. The van der Waals surface area contributed by atoms with Crippen molar-refractivity contribution in [1.82, 2.24) is 10.2 Å². The van der Waals surface area contributed by atoms with Crippen molar-refractivity contribution in [3.05, 3.63) is 0 Å². The number of nitrogens with one attached hydrogen (secondary N) is 1. The Morgan fingerprint density at radius 3 is 2.77 bits per heavy atom. The Labute approximate surface area is 81.4 Å². The monoisotopic (exact) mass is 186 g/mol. The van der Waals surface area contributed by atoms with Crippen molar-refractivity contribution in [2.75, 3.05) is 33.8 Å². The van der Waals surface area contributed by atoms with E-state index in [4.69, 9.17) is 4.74 Å². The lowest BCUT2D eigenvalue weighted by Crippen LogP contribution is -2.36. The summed E-state index contributed by atoms with van der Waals surface area (Å²) in [6.07, 6.45) is 2.79. The average Bonchev–Trinajstić information content (AvgIpc) is 2.45. The highest BCUT2D eigenvalue weighted by molar-refractivity contribution is 4.78. The van der Waals surface area contributed by atoms with Crippen LogP contribution < -0.4 is 5.32 Å². The minimum atomic E-state index is 0.402. The predicted octanol–water partition coefficient (Wildman–Crippen LogP) is 0.705. The van der Waals surface area contributed by atoms with Gasteiger partial charge < -0.3 is 15.0 Å². The Balaban J connectivity index is 1.99. The van der Waals surface area contributed by atoms with Gasteiger partial charge in [0.2, 0.25) is 0 Å². The molecule has 0 aliphatic carbocycles. The molecule has 1 rings (SSSR count). The van der Waals surface area contributed by atoms with Crippen LogP contribution in [0.15, 0.2) is 0 Å². The predicted molar refractivity (Wildman–Crippen MR) is 55.0 cm³/mol. The highest BCUT2D eigenvalue weighted by atomic mass is 16.5. The Kier molecular flexibility index (Phi) is 4.70. The van der Waals surface area contributed by atoms with Gasteiger partial charge in [0.25, 0.3) is 0 Å². The molecular formula is C10H22N2O. The molecule has 0 aromatic heterocycles. The molecule has 0 bridgehead atoms. The van der Waals surface area contributed by atoms with Gasteiger partial charge in [-0.05, 0) is 47.0 Å². The third kappa shape index (κ3) is 4.07. The molecule has 0 amide bonds. The molecule has 1 saturated heterocycles. The van der Waals surface area contributed by atoms with Gasteiger partial charge in [0.1, 0.15) is 0 Å². The fourth-order valence-corrected chi connectivity index (χ4v) is 1.68. The second-order valence-electron chi connectivity index (χ2n) is 4.08. The van der Waals surface area contributed by atoms with Crippen LogP contribution in [0.5, 0.6) is 0 Å². The van der Waals surface area contributed by atoms with Crippen LogP contribution >= 0.6 is 0 Å². The fraction of sp³-hybridized carbons (Fsp3) is 1.00. The zero-order valence-electron chi connectivity index (χ0n) is 9.05. The maximum Gasteiger partial charge on any atom is 0.0700 e. The largest absolute Gasteiger partial charge is 0.377 e. The molecule has 0 aromatic carbocycles. The van der Waals surface area contributed by atoms with Crippen molar-refractivity contribution in [2.45, 2.75) is 31.9 Å². The normalized spacial score (nSPS) is 28.6. The van der Waals surface area contributed by atoms with Crippen LogP contribution in [0.25, 0.3) is 0 Å². The molecule has 78 valence electrons. The molecule has 0 radical (unpaired) electrons. The molecule has 0 spiro atoms. The van der Waals surface area contributed by atoms with Gasteiger partial charge in [-0.25, -0.2) is 0 Å². The molecule has 1 N–H and O–H groups in total. The van der Waals surface area contributed by atoms with Gasteiger partial charge in [0.05, 0.1) is 6.10 Å². The molecule has 1 fully saturated rings. The first kappa shape index (κ1) is 11.0. The molecule has 13 heavy (non-hydrogen) atoms. The lowest BCUT2D eigenvalue weighted by atomic mass is 10.1. The van der Waals surface area contributed by atoms with Crippen LogP contribution in [0.4, 0.5) is 0 Å². The summed E-state index contributed by atoms with van der Waals surface area (Å²) in [5, 5.41) is 3.54. The van der Waals surface area contributed by atoms with Crippen molar-refractivity contribution < 1.29 is 4.74 Å². The summed E-state index contributed by atoms with van der Waals surface area (Å²) in [4.78, 5) is 2.22. The first-order valence-electron chi connectivity index (χ1n) is 5.20. The third-order valence-corrected chi connectivity index (χ3v) is 2.56. The van der Waals surface area contributed by atoms with Crippen LogP contribution in [0.3, 0.4) is 0 Å². The number of ether oxygens (including phenoxy) is 1. The molecule has 1 heterocycles. The van der Waals surface area contributed by atoms with E-state index in [1.807, 2.05) is 0 Å². The van der Waals surface area contributed by atoms with Crippen molar-refractivity contribution >= 4 is 0 Å². The smallest absolute Gasteiger partial charge is 0.0700 e. The number of rotatable bonds is 5. The van der Waals surface area contributed by atoms with Crippen LogP contribution in [0.1, 0.15) is 19.8 Å². The minimum absolute atomic E-state index is 0.402. The summed E-state index contributed by atoms with van der Waals surface area (Å²) in [7, 11) is 4.22. The Morgan fingerprint density at radius 2 is 2.23 bits per heavy atom. The summed E-state index contributed by atoms with van der Waals surface area (Å²) >= 11 is 0. The van der Waals surface area contributed by atoms with E-state index in [0.717, 1.165) is 19.7 Å². The maximum atomic E-state index is 5.47. The van der Waals surface area contributed by atoms with Gasteiger partial charge in [0, 0.05) is 12.6 Å². The van der Waals surface area contributed by atoms with Gasteiger partial charge in [0.15, 0.2) is 0 Å². The highest BCUT2D eigenvalue weighted by Gasteiger charge is 2.22. The summed E-state index contributed by atoms with van der Waals surface area (Å²) in [5.41, 5.74) is 0. The van der Waals surface area contributed by atoms with Crippen molar-refractivity contribution in [3.63, 3.8) is 0 Å². The molecule has 1 aliphatic heterocycles. The molecule has 2 unspecified atom stereocenters. The lowest BCUT2D eigenvalue weighted by Gasteiger charge is -2.16. The molecule has 2 atom stereocenters. The van der Waals surface area contributed by atoms with E-state index < -0.39 is 0 Å². The lowest BCUT2D eigenvalue weighted by molar-refractivity contribution is 0.113. The van der Waals surface area contributed by atoms with E-state index in [-0.39, 0.29) is 0 Å². The zero-order valence-corrected chi connectivity index (χ0v) is 9.05. The van der Waals surface area contributed by atoms with Gasteiger partial charge in [-0.3, -0.25) is 0 Å². The summed E-state index contributed by atoms with van der Waals surface area (Å²) in [5.74, 6) is 0. The average molecular weight is 186 g/mol. The fourth-order valence-electron chi connectivity index (χ4n) is 1.68. The van der Waals surface area contributed by atoms with Gasteiger partial charge in [-0.2, -0.15) is 0 Å². The van der Waals surface area contributed by atoms with Crippen LogP contribution in [0.2, 0.25) is 0 Å². The first-order valence-corrected chi connectivity index (χ1v) is 5.20. The topological polar surface area (TPSA) is 24.5 Å². The maximum absolute atomic E-state index is 5.47. The second-order valence-corrected chi connectivity index (χ2v) is 4.08. The van der Waals surface area contributed by atoms with E-state index in [1.165, 1.54) is 12.8 Å². The van der Waals surface area contributed by atoms with Crippen LogP contribution in [-0.4, -0.2) is 50.8 Å². The number of nitrogens with zero attached hydrogens (tertiary/aromatic N) is 1. The van der Waals surface area contributed by atoms with Gasteiger partial charge in [-0.15, -0.1) is 0 Å². The first-order chi connectivity index (χ1) is 6.20. The molecule has 3 heteroatoms. The molecule has 3 nitrogen and oxygen atoms in total. The van der Waals surface area contributed by atoms with E-state index in [0.29, 0.717) is 12.1 Å². The number of hydrogen-bond donors (Lipinski definition) is 1. The molecule has 0 saturated carbocycles. The van der Waals surface area contributed by atoms with Crippen molar-refractivity contribution in [2.24, 2.45) is 0 Å². The van der Waals surface area contributed by atoms with Gasteiger partial charge >= 0.3 is 0 Å². The van der Waals surface area contributed by atoms with Crippen molar-refractivity contribution in [1.29, 1.82) is 0 Å². The third-order valence-electron chi connectivity index (χ3n) is 2.56. The van der Waals surface area contributed by atoms with E-state index in [2.05, 4.69) is 31.2 Å². The molecule has 0 aromatic rings. The molecular weight excluding hydrogens is 164 g/mol. The van der Waals surface area contributed by atoms with Gasteiger partial charge in [-0.1, -0.05) is 0 Å². The van der Waals surface area contributed by atoms with Crippen LogP contribution in [-0.2, 0) is 4.74 Å². The van der Waals surface area contributed by atoms with E-state index in [9.17, 15) is 0 Å². The Hall–Kier alpha value is -0.120. The Morgan fingerprint density at radius 1 is 1.46 bits per heavy atom. The highest BCUT2D eigenvalue weighted by Crippen LogP contribution is 2.12. The molecule has 1 aliphatic rings. The zero-order chi connectivity index (χ0) is 9.68. The minimum Gasteiger partial charge on any atom is -0.377 e. The summed E-state index contributed by atoms with van der Waals surface area (Å²) in [6.45, 7) is 5.34. The summed E-state index contributed by atoms with van der Waals surface area (Å²) in [6, 6.07) is 0.585.